The van der Waals surface area contributed by atoms with Crippen molar-refractivity contribution in [2.75, 3.05) is 7.11 Å². The smallest absolute Gasteiger partial charge is 0.305 e. The average molecular weight is 292 g/mol. The molecule has 1 aromatic heterocycles. The van der Waals surface area contributed by atoms with Crippen LogP contribution >= 0.6 is 0 Å². The molecular formula is C14H13FN2O4. The van der Waals surface area contributed by atoms with E-state index in [-0.39, 0.29) is 12.4 Å². The minimum Gasteiger partial charge on any atom is -0.497 e. The highest BCUT2D eigenvalue weighted by atomic mass is 19.1. The molecule has 0 bridgehead atoms. The van der Waals surface area contributed by atoms with Crippen molar-refractivity contribution in [2.45, 2.75) is 13.5 Å². The fourth-order valence-electron chi connectivity index (χ4n) is 1.78. The van der Waals surface area contributed by atoms with Gasteiger partial charge in [-0.15, -0.1) is 0 Å². The summed E-state index contributed by atoms with van der Waals surface area (Å²) in [6.45, 7) is 1.92. The van der Waals surface area contributed by atoms with Gasteiger partial charge in [0.1, 0.15) is 18.1 Å². The van der Waals surface area contributed by atoms with E-state index in [4.69, 9.17) is 9.47 Å². The number of nitro benzene ring substituents is 1. The third-order valence-corrected chi connectivity index (χ3v) is 2.72. The molecule has 0 radical (unpaired) electrons. The van der Waals surface area contributed by atoms with Gasteiger partial charge in [-0.05, 0) is 13.0 Å². The maximum absolute atomic E-state index is 13.5. The number of ether oxygens (including phenoxy) is 2. The van der Waals surface area contributed by atoms with E-state index in [1.807, 2.05) is 6.92 Å². The van der Waals surface area contributed by atoms with Crippen LogP contribution in [0.1, 0.15) is 11.4 Å². The lowest BCUT2D eigenvalue weighted by Crippen LogP contribution is -2.01. The van der Waals surface area contributed by atoms with Gasteiger partial charge in [0.2, 0.25) is 5.82 Å². The molecule has 1 aromatic carbocycles. The van der Waals surface area contributed by atoms with Gasteiger partial charge in [0.25, 0.3) is 0 Å². The summed E-state index contributed by atoms with van der Waals surface area (Å²) in [4.78, 5) is 14.0. The SMILES string of the molecule is COc1cc(C)nc(COc2ccc([N+](=O)[O-])c(F)c2)c1. The van der Waals surface area contributed by atoms with E-state index in [1.54, 1.807) is 19.2 Å². The molecule has 2 aromatic rings. The summed E-state index contributed by atoms with van der Waals surface area (Å²) < 4.78 is 24.0. The van der Waals surface area contributed by atoms with Gasteiger partial charge in [-0.3, -0.25) is 15.1 Å². The Morgan fingerprint density at radius 1 is 1.29 bits per heavy atom. The highest BCUT2D eigenvalue weighted by Gasteiger charge is 2.14. The third-order valence-electron chi connectivity index (χ3n) is 2.72. The quantitative estimate of drug-likeness (QED) is 0.625. The number of aryl methyl sites for hydroxylation is 1. The number of pyridine rings is 1. The minimum absolute atomic E-state index is 0.106. The fourth-order valence-corrected chi connectivity index (χ4v) is 1.78. The lowest BCUT2D eigenvalue weighted by Gasteiger charge is -2.08. The van der Waals surface area contributed by atoms with Crippen molar-refractivity contribution in [3.63, 3.8) is 0 Å². The van der Waals surface area contributed by atoms with E-state index >= 15 is 0 Å². The topological polar surface area (TPSA) is 74.5 Å². The second-order valence-corrected chi connectivity index (χ2v) is 4.30. The molecule has 0 N–H and O–H groups in total. The van der Waals surface area contributed by atoms with Crippen molar-refractivity contribution >= 4 is 5.69 Å². The number of benzene rings is 1. The number of hydrogen-bond donors (Lipinski definition) is 0. The summed E-state index contributed by atoms with van der Waals surface area (Å²) in [6, 6.07) is 6.86. The molecule has 7 heteroatoms. The lowest BCUT2D eigenvalue weighted by atomic mass is 10.3. The van der Waals surface area contributed by atoms with E-state index in [0.717, 1.165) is 17.8 Å². The minimum atomic E-state index is -0.938. The average Bonchev–Trinajstić information content (AvgIpc) is 2.44. The Bertz CT molecular complexity index is 676. The molecule has 0 saturated carbocycles. The van der Waals surface area contributed by atoms with Crippen LogP contribution in [0.25, 0.3) is 0 Å². The van der Waals surface area contributed by atoms with Crippen molar-refractivity contribution in [3.8, 4) is 11.5 Å². The summed E-state index contributed by atoms with van der Waals surface area (Å²) in [5.74, 6) is -0.0939. The summed E-state index contributed by atoms with van der Waals surface area (Å²) in [6.07, 6.45) is 0. The molecule has 21 heavy (non-hydrogen) atoms. The number of rotatable bonds is 5. The number of methoxy groups -OCH3 is 1. The summed E-state index contributed by atoms with van der Waals surface area (Å²) in [7, 11) is 1.55. The maximum atomic E-state index is 13.5. The van der Waals surface area contributed by atoms with E-state index in [9.17, 15) is 14.5 Å². The van der Waals surface area contributed by atoms with Gasteiger partial charge >= 0.3 is 5.69 Å². The molecule has 0 aliphatic rings. The Morgan fingerprint density at radius 3 is 2.67 bits per heavy atom. The largest absolute Gasteiger partial charge is 0.497 e. The van der Waals surface area contributed by atoms with Crippen molar-refractivity contribution < 1.29 is 18.8 Å². The van der Waals surface area contributed by atoms with Crippen molar-refractivity contribution in [1.29, 1.82) is 0 Å². The molecule has 6 nitrogen and oxygen atoms in total. The molecule has 0 aliphatic carbocycles. The van der Waals surface area contributed by atoms with Gasteiger partial charge in [0.15, 0.2) is 0 Å². The Balaban J connectivity index is 2.11. The zero-order valence-electron chi connectivity index (χ0n) is 11.5. The number of nitro groups is 1. The first-order valence-corrected chi connectivity index (χ1v) is 6.08. The van der Waals surface area contributed by atoms with Gasteiger partial charge in [0, 0.05) is 30.0 Å². The normalized spacial score (nSPS) is 10.2. The number of nitrogens with zero attached hydrogens (tertiary/aromatic N) is 2. The highest BCUT2D eigenvalue weighted by molar-refractivity contribution is 5.38. The second kappa shape index (κ2) is 6.17. The molecule has 0 spiro atoms. The second-order valence-electron chi connectivity index (χ2n) is 4.30. The molecule has 0 saturated heterocycles. The van der Waals surface area contributed by atoms with E-state index < -0.39 is 16.4 Å². The van der Waals surface area contributed by atoms with Crippen molar-refractivity contribution in [3.05, 3.63) is 57.7 Å². The molecule has 0 unspecified atom stereocenters. The Morgan fingerprint density at radius 2 is 2.05 bits per heavy atom. The Kier molecular flexibility index (Phi) is 4.32. The monoisotopic (exact) mass is 292 g/mol. The van der Waals surface area contributed by atoms with Gasteiger partial charge in [-0.25, -0.2) is 0 Å². The first kappa shape index (κ1) is 14.7. The molecule has 0 atom stereocenters. The maximum Gasteiger partial charge on any atom is 0.305 e. The van der Waals surface area contributed by atoms with Crippen molar-refractivity contribution in [2.24, 2.45) is 0 Å². The van der Waals surface area contributed by atoms with Crippen LogP contribution in [0.15, 0.2) is 30.3 Å². The fraction of sp³-hybridized carbons (Fsp3) is 0.214. The van der Waals surface area contributed by atoms with Gasteiger partial charge in [-0.2, -0.15) is 4.39 Å². The predicted molar refractivity (Wildman–Crippen MR) is 72.9 cm³/mol. The molecule has 0 amide bonds. The lowest BCUT2D eigenvalue weighted by molar-refractivity contribution is -0.387. The molecule has 0 aliphatic heterocycles. The van der Waals surface area contributed by atoms with Crippen LogP contribution in [0.2, 0.25) is 0 Å². The van der Waals surface area contributed by atoms with E-state index in [2.05, 4.69) is 4.98 Å². The van der Waals surface area contributed by atoms with Crippen LogP contribution in [0, 0.1) is 22.9 Å². The summed E-state index contributed by atoms with van der Waals surface area (Å²) >= 11 is 0. The molecule has 0 fully saturated rings. The number of halogens is 1. The third kappa shape index (κ3) is 3.65. The highest BCUT2D eigenvalue weighted by Crippen LogP contribution is 2.23. The first-order valence-electron chi connectivity index (χ1n) is 6.08. The summed E-state index contributed by atoms with van der Waals surface area (Å²) in [5.41, 5.74) is 0.797. The molecule has 1 heterocycles. The van der Waals surface area contributed by atoms with Crippen LogP contribution < -0.4 is 9.47 Å². The molecule has 110 valence electrons. The Labute approximate surface area is 120 Å². The van der Waals surface area contributed by atoms with Crippen LogP contribution in [-0.2, 0) is 6.61 Å². The van der Waals surface area contributed by atoms with E-state index in [0.29, 0.717) is 11.4 Å². The van der Waals surface area contributed by atoms with E-state index in [1.165, 1.54) is 6.07 Å². The molecule has 2 rings (SSSR count). The number of aromatic nitrogens is 1. The first-order chi connectivity index (χ1) is 9.99. The zero-order chi connectivity index (χ0) is 15.4. The van der Waals surface area contributed by atoms with Gasteiger partial charge < -0.3 is 9.47 Å². The van der Waals surface area contributed by atoms with Crippen LogP contribution in [-0.4, -0.2) is 17.0 Å². The van der Waals surface area contributed by atoms with Gasteiger partial charge in [-0.1, -0.05) is 0 Å². The Hall–Kier alpha value is -2.70. The predicted octanol–water partition coefficient (Wildman–Crippen LogP) is 3.02. The molecular weight excluding hydrogens is 279 g/mol. The van der Waals surface area contributed by atoms with Gasteiger partial charge in [0.05, 0.1) is 17.7 Å². The number of hydrogen-bond acceptors (Lipinski definition) is 5. The zero-order valence-corrected chi connectivity index (χ0v) is 11.5. The summed E-state index contributed by atoms with van der Waals surface area (Å²) in [5, 5.41) is 10.5. The standard InChI is InChI=1S/C14H13FN2O4/c1-9-5-12(20-2)6-10(16-9)8-21-11-3-4-14(17(18)19)13(15)7-11/h3-7H,8H2,1-2H3. The van der Waals surface area contributed by atoms with Crippen LogP contribution in [0.3, 0.4) is 0 Å². The van der Waals surface area contributed by atoms with Crippen LogP contribution in [0.5, 0.6) is 11.5 Å². The van der Waals surface area contributed by atoms with Crippen LogP contribution in [0.4, 0.5) is 10.1 Å². The van der Waals surface area contributed by atoms with Crippen molar-refractivity contribution in [1.82, 2.24) is 4.98 Å².